The van der Waals surface area contributed by atoms with Crippen molar-refractivity contribution in [3.05, 3.63) is 0 Å². The Hall–Kier alpha value is -0.940. The third kappa shape index (κ3) is 2.67. The van der Waals surface area contributed by atoms with Gasteiger partial charge >= 0.3 is 0 Å². The summed E-state index contributed by atoms with van der Waals surface area (Å²) in [6.45, 7) is 6.42. The molecule has 0 bridgehead atoms. The molecule has 3 aliphatic rings. The molecule has 3 fully saturated rings. The quantitative estimate of drug-likeness (QED) is 0.722. The van der Waals surface area contributed by atoms with Crippen LogP contribution in [0.15, 0.2) is 0 Å². The number of imide groups is 1. The Labute approximate surface area is 114 Å². The average Bonchev–Trinajstić information content (AvgIpc) is 3.04. The van der Waals surface area contributed by atoms with Crippen molar-refractivity contribution in [1.82, 2.24) is 15.1 Å². The van der Waals surface area contributed by atoms with E-state index in [0.717, 1.165) is 39.0 Å². The van der Waals surface area contributed by atoms with E-state index in [4.69, 9.17) is 0 Å². The van der Waals surface area contributed by atoms with Gasteiger partial charge in [0.15, 0.2) is 0 Å². The van der Waals surface area contributed by atoms with Crippen LogP contribution in [0.2, 0.25) is 0 Å². The van der Waals surface area contributed by atoms with E-state index in [-0.39, 0.29) is 23.9 Å². The molecule has 0 radical (unpaired) electrons. The van der Waals surface area contributed by atoms with Gasteiger partial charge in [-0.2, -0.15) is 0 Å². The van der Waals surface area contributed by atoms with Crippen molar-refractivity contribution in [2.75, 3.05) is 26.2 Å². The molecule has 106 valence electrons. The third-order valence-corrected chi connectivity index (χ3v) is 4.57. The predicted octanol–water partition coefficient (Wildman–Crippen LogP) is 0.208. The minimum absolute atomic E-state index is 0.0119. The number of amides is 2. The molecule has 19 heavy (non-hydrogen) atoms. The fourth-order valence-electron chi connectivity index (χ4n) is 3.20. The molecule has 5 heteroatoms. The summed E-state index contributed by atoms with van der Waals surface area (Å²) >= 11 is 0. The molecular weight excluding hydrogens is 242 g/mol. The van der Waals surface area contributed by atoms with E-state index in [1.807, 2.05) is 0 Å². The molecule has 5 nitrogen and oxygen atoms in total. The zero-order valence-electron chi connectivity index (χ0n) is 11.6. The van der Waals surface area contributed by atoms with Gasteiger partial charge < -0.3 is 10.2 Å². The SMILES string of the molecule is CCN1CCC(CNC2CC(=O)N(C3CC3)C2=O)C1. The number of nitrogens with one attached hydrogen (secondary N) is 1. The van der Waals surface area contributed by atoms with Crippen molar-refractivity contribution in [1.29, 1.82) is 0 Å². The number of carbonyl (C=O) groups is 2. The predicted molar refractivity (Wildman–Crippen MR) is 71.5 cm³/mol. The lowest BCUT2D eigenvalue weighted by atomic mass is 10.1. The van der Waals surface area contributed by atoms with Gasteiger partial charge in [0.25, 0.3) is 0 Å². The third-order valence-electron chi connectivity index (χ3n) is 4.57. The van der Waals surface area contributed by atoms with Gasteiger partial charge in [-0.15, -0.1) is 0 Å². The smallest absolute Gasteiger partial charge is 0.247 e. The summed E-state index contributed by atoms with van der Waals surface area (Å²) in [5.74, 6) is 0.655. The lowest BCUT2D eigenvalue weighted by molar-refractivity contribution is -0.139. The van der Waals surface area contributed by atoms with Crippen molar-refractivity contribution in [2.45, 2.75) is 44.7 Å². The summed E-state index contributed by atoms with van der Waals surface area (Å²) in [5.41, 5.74) is 0. The maximum Gasteiger partial charge on any atom is 0.247 e. The van der Waals surface area contributed by atoms with Gasteiger partial charge in [0, 0.05) is 12.6 Å². The molecule has 0 aromatic rings. The number of hydrogen-bond acceptors (Lipinski definition) is 4. The standard InChI is InChI=1S/C14H23N3O2/c1-2-16-6-5-10(9-16)8-15-12-7-13(18)17(14(12)19)11-3-4-11/h10-12,15H,2-9H2,1H3. The first kappa shape index (κ1) is 13.1. The van der Waals surface area contributed by atoms with Crippen LogP contribution >= 0.6 is 0 Å². The summed E-state index contributed by atoms with van der Waals surface area (Å²) in [5, 5.41) is 3.32. The molecule has 1 N–H and O–H groups in total. The number of rotatable bonds is 5. The zero-order chi connectivity index (χ0) is 13.4. The maximum atomic E-state index is 12.2. The van der Waals surface area contributed by atoms with E-state index in [1.165, 1.54) is 11.3 Å². The minimum atomic E-state index is -0.260. The topological polar surface area (TPSA) is 52.7 Å². The number of nitrogens with zero attached hydrogens (tertiary/aromatic N) is 2. The molecular formula is C14H23N3O2. The average molecular weight is 265 g/mol. The van der Waals surface area contributed by atoms with Gasteiger partial charge in [-0.05, 0) is 44.8 Å². The highest BCUT2D eigenvalue weighted by Crippen LogP contribution is 2.31. The Morgan fingerprint density at radius 1 is 1.26 bits per heavy atom. The van der Waals surface area contributed by atoms with Crippen molar-refractivity contribution in [3.8, 4) is 0 Å². The Balaban J connectivity index is 1.48. The molecule has 2 saturated heterocycles. The van der Waals surface area contributed by atoms with Crippen LogP contribution < -0.4 is 5.32 Å². The Kier molecular flexibility index (Phi) is 3.58. The van der Waals surface area contributed by atoms with Crippen LogP contribution in [0, 0.1) is 5.92 Å². The van der Waals surface area contributed by atoms with E-state index >= 15 is 0 Å². The van der Waals surface area contributed by atoms with Crippen LogP contribution in [0.1, 0.15) is 32.6 Å². The molecule has 1 saturated carbocycles. The van der Waals surface area contributed by atoms with E-state index in [1.54, 1.807) is 0 Å². The molecule has 2 aliphatic heterocycles. The minimum Gasteiger partial charge on any atom is -0.305 e. The van der Waals surface area contributed by atoms with Crippen LogP contribution in [0.25, 0.3) is 0 Å². The summed E-state index contributed by atoms with van der Waals surface area (Å²) in [6.07, 6.45) is 3.55. The molecule has 0 spiro atoms. The first-order valence-electron chi connectivity index (χ1n) is 7.50. The summed E-state index contributed by atoms with van der Waals surface area (Å²) in [6, 6.07) is -0.0439. The van der Waals surface area contributed by atoms with Crippen LogP contribution in [0.3, 0.4) is 0 Å². The van der Waals surface area contributed by atoms with E-state index < -0.39 is 0 Å². The largest absolute Gasteiger partial charge is 0.305 e. The van der Waals surface area contributed by atoms with Crippen molar-refractivity contribution < 1.29 is 9.59 Å². The fraction of sp³-hybridized carbons (Fsp3) is 0.857. The highest BCUT2D eigenvalue weighted by atomic mass is 16.2. The molecule has 2 unspecified atom stereocenters. The first-order valence-corrected chi connectivity index (χ1v) is 7.50. The summed E-state index contributed by atoms with van der Waals surface area (Å²) < 4.78 is 0. The zero-order valence-corrected chi connectivity index (χ0v) is 11.6. The number of likely N-dealkylation sites (tertiary alicyclic amines) is 2. The molecule has 3 rings (SSSR count). The molecule has 1 aliphatic carbocycles. The molecule has 0 aromatic carbocycles. The van der Waals surface area contributed by atoms with Gasteiger partial charge in [0.05, 0.1) is 12.5 Å². The maximum absolute atomic E-state index is 12.2. The van der Waals surface area contributed by atoms with E-state index in [2.05, 4.69) is 17.1 Å². The Morgan fingerprint density at radius 3 is 2.68 bits per heavy atom. The van der Waals surface area contributed by atoms with Gasteiger partial charge in [0.2, 0.25) is 11.8 Å². The second-order valence-electron chi connectivity index (χ2n) is 6.05. The van der Waals surface area contributed by atoms with Crippen molar-refractivity contribution >= 4 is 11.8 Å². The lowest BCUT2D eigenvalue weighted by Gasteiger charge is -2.17. The Bertz CT molecular complexity index is 381. The van der Waals surface area contributed by atoms with Gasteiger partial charge in [-0.3, -0.25) is 14.5 Å². The molecule has 2 heterocycles. The van der Waals surface area contributed by atoms with Gasteiger partial charge in [0.1, 0.15) is 0 Å². The van der Waals surface area contributed by atoms with Gasteiger partial charge in [-0.1, -0.05) is 6.92 Å². The molecule has 2 atom stereocenters. The molecule has 0 aromatic heterocycles. The van der Waals surface area contributed by atoms with Crippen molar-refractivity contribution in [2.24, 2.45) is 5.92 Å². The highest BCUT2D eigenvalue weighted by Gasteiger charge is 2.45. The van der Waals surface area contributed by atoms with Crippen LogP contribution in [-0.4, -0.2) is 59.9 Å². The van der Waals surface area contributed by atoms with Crippen LogP contribution in [-0.2, 0) is 9.59 Å². The number of carbonyl (C=O) groups excluding carboxylic acids is 2. The summed E-state index contributed by atoms with van der Waals surface area (Å²) in [4.78, 5) is 27.9. The summed E-state index contributed by atoms with van der Waals surface area (Å²) in [7, 11) is 0. The second-order valence-corrected chi connectivity index (χ2v) is 6.05. The van der Waals surface area contributed by atoms with E-state index in [9.17, 15) is 9.59 Å². The second kappa shape index (κ2) is 5.21. The fourth-order valence-corrected chi connectivity index (χ4v) is 3.20. The van der Waals surface area contributed by atoms with Crippen LogP contribution in [0.5, 0.6) is 0 Å². The number of hydrogen-bond donors (Lipinski definition) is 1. The normalized spacial score (nSPS) is 32.6. The Morgan fingerprint density at radius 2 is 2.05 bits per heavy atom. The lowest BCUT2D eigenvalue weighted by Crippen LogP contribution is -2.41. The monoisotopic (exact) mass is 265 g/mol. The highest BCUT2D eigenvalue weighted by molar-refractivity contribution is 6.06. The van der Waals surface area contributed by atoms with Crippen molar-refractivity contribution in [3.63, 3.8) is 0 Å². The van der Waals surface area contributed by atoms with Crippen LogP contribution in [0.4, 0.5) is 0 Å². The van der Waals surface area contributed by atoms with Gasteiger partial charge in [-0.25, -0.2) is 0 Å². The first-order chi connectivity index (χ1) is 9.19. The van der Waals surface area contributed by atoms with E-state index in [0.29, 0.717) is 12.3 Å². The molecule has 2 amide bonds.